The fourth-order valence-electron chi connectivity index (χ4n) is 3.92. The minimum absolute atomic E-state index is 0.353. The molecule has 0 aliphatic carbocycles. The number of hydrogen-bond acceptors (Lipinski definition) is 6. The summed E-state index contributed by atoms with van der Waals surface area (Å²) < 4.78 is 13.9. The number of aromatic nitrogens is 1. The van der Waals surface area contributed by atoms with Gasteiger partial charge >= 0.3 is 0 Å². The molecule has 3 rings (SSSR count). The normalized spacial score (nSPS) is 16.6. The summed E-state index contributed by atoms with van der Waals surface area (Å²) in [6.45, 7) is 9.75. The molecule has 0 spiro atoms. The fourth-order valence-corrected chi connectivity index (χ4v) is 3.92. The molecule has 0 bridgehead atoms. The van der Waals surface area contributed by atoms with E-state index in [0.29, 0.717) is 18.2 Å². The van der Waals surface area contributed by atoms with Crippen LogP contribution in [-0.2, 0) is 0 Å². The first kappa shape index (κ1) is 22.1. The molecule has 0 unspecified atom stereocenters. The van der Waals surface area contributed by atoms with Crippen molar-refractivity contribution in [1.82, 2.24) is 14.9 Å². The Morgan fingerprint density at radius 3 is 2.67 bits per heavy atom. The van der Waals surface area contributed by atoms with Gasteiger partial charge in [0.05, 0.1) is 5.70 Å². The minimum atomic E-state index is -1.16. The van der Waals surface area contributed by atoms with Crippen LogP contribution in [0.15, 0.2) is 48.9 Å². The second kappa shape index (κ2) is 9.02. The minimum Gasteiger partial charge on any atom is -0.397 e. The molecule has 1 aliphatic heterocycles. The predicted molar refractivity (Wildman–Crippen MR) is 123 cm³/mol. The number of allylic oxidation sites excluding steroid dienone is 1. The average molecular weight is 413 g/mol. The molecule has 7 heteroatoms. The Balaban J connectivity index is 1.66. The van der Waals surface area contributed by atoms with E-state index in [1.54, 1.807) is 27.1 Å². The maximum absolute atomic E-state index is 13.9. The van der Waals surface area contributed by atoms with Crippen LogP contribution in [0, 0.1) is 5.92 Å². The maximum Gasteiger partial charge on any atom is 0.130 e. The van der Waals surface area contributed by atoms with Crippen LogP contribution in [0.4, 0.5) is 10.2 Å². The number of pyridine rings is 1. The SMILES string of the molecule is C=C(Nc1cc2cc(/C(N)=C/N(C)N)ccc2cn1)C1CCN(CC(C)(C)F)CC1. The van der Waals surface area contributed by atoms with Crippen LogP contribution in [0.25, 0.3) is 16.5 Å². The monoisotopic (exact) mass is 412 g/mol. The van der Waals surface area contributed by atoms with Crippen molar-refractivity contribution in [1.29, 1.82) is 0 Å². The van der Waals surface area contributed by atoms with E-state index >= 15 is 0 Å². The van der Waals surface area contributed by atoms with Crippen LogP contribution in [0.1, 0.15) is 32.3 Å². The average Bonchev–Trinajstić information content (AvgIpc) is 2.66. The van der Waals surface area contributed by atoms with E-state index in [4.69, 9.17) is 11.6 Å². The Kier molecular flexibility index (Phi) is 6.63. The second-order valence-electron chi connectivity index (χ2n) is 8.80. The number of alkyl halides is 1. The highest BCUT2D eigenvalue weighted by molar-refractivity contribution is 5.87. The van der Waals surface area contributed by atoms with Crippen molar-refractivity contribution < 1.29 is 4.39 Å². The molecule has 2 aromatic rings. The zero-order valence-corrected chi connectivity index (χ0v) is 18.2. The summed E-state index contributed by atoms with van der Waals surface area (Å²) >= 11 is 0. The van der Waals surface area contributed by atoms with Gasteiger partial charge in [-0.25, -0.2) is 15.2 Å². The molecule has 5 N–H and O–H groups in total. The summed E-state index contributed by atoms with van der Waals surface area (Å²) in [5.74, 6) is 6.77. The lowest BCUT2D eigenvalue weighted by Crippen LogP contribution is -2.41. The predicted octanol–water partition coefficient (Wildman–Crippen LogP) is 3.68. The van der Waals surface area contributed by atoms with Gasteiger partial charge in [0.1, 0.15) is 11.5 Å². The number of fused-ring (bicyclic) bond motifs is 1. The van der Waals surface area contributed by atoms with Gasteiger partial charge in [0.15, 0.2) is 0 Å². The summed E-state index contributed by atoms with van der Waals surface area (Å²) in [6, 6.07) is 7.98. The first-order valence-corrected chi connectivity index (χ1v) is 10.3. The molecule has 0 amide bonds. The zero-order chi connectivity index (χ0) is 21.9. The van der Waals surface area contributed by atoms with Gasteiger partial charge in [-0.2, -0.15) is 0 Å². The van der Waals surface area contributed by atoms with Crippen molar-refractivity contribution in [3.8, 4) is 0 Å². The Bertz CT molecular complexity index is 923. The van der Waals surface area contributed by atoms with Gasteiger partial charge in [-0.3, -0.25) is 0 Å². The number of piperidine rings is 1. The van der Waals surface area contributed by atoms with Gasteiger partial charge < -0.3 is 21.0 Å². The highest BCUT2D eigenvalue weighted by Gasteiger charge is 2.26. The number of hydrazine groups is 1. The van der Waals surface area contributed by atoms with E-state index in [-0.39, 0.29) is 0 Å². The lowest BCUT2D eigenvalue weighted by molar-refractivity contribution is 0.101. The Morgan fingerprint density at radius 1 is 1.33 bits per heavy atom. The first-order chi connectivity index (χ1) is 14.1. The second-order valence-corrected chi connectivity index (χ2v) is 8.80. The molecular weight excluding hydrogens is 379 g/mol. The quantitative estimate of drug-likeness (QED) is 0.475. The van der Waals surface area contributed by atoms with E-state index in [1.807, 2.05) is 30.5 Å². The molecule has 1 fully saturated rings. The summed E-state index contributed by atoms with van der Waals surface area (Å²) in [7, 11) is 1.73. The van der Waals surface area contributed by atoms with Crippen LogP contribution in [-0.4, -0.2) is 47.2 Å². The number of halogens is 1. The molecule has 6 nitrogen and oxygen atoms in total. The Hall–Kier alpha value is -2.64. The molecule has 1 aliphatic rings. The summed E-state index contributed by atoms with van der Waals surface area (Å²) in [5, 5.41) is 6.88. The number of nitrogens with one attached hydrogen (secondary N) is 1. The van der Waals surface area contributed by atoms with Crippen molar-refractivity contribution in [2.75, 3.05) is 32.0 Å². The highest BCUT2D eigenvalue weighted by atomic mass is 19.1. The third-order valence-electron chi connectivity index (χ3n) is 5.37. The fraction of sp³-hybridized carbons (Fsp3) is 0.435. The van der Waals surface area contributed by atoms with E-state index < -0.39 is 5.67 Å². The first-order valence-electron chi connectivity index (χ1n) is 10.3. The molecule has 0 saturated carbocycles. The Morgan fingerprint density at radius 2 is 2.03 bits per heavy atom. The largest absolute Gasteiger partial charge is 0.397 e. The molecule has 0 atom stereocenters. The van der Waals surface area contributed by atoms with E-state index in [1.165, 1.54) is 5.01 Å². The molecule has 162 valence electrons. The lowest BCUT2D eigenvalue weighted by atomic mass is 9.93. The van der Waals surface area contributed by atoms with Gasteiger partial charge in [0.2, 0.25) is 0 Å². The van der Waals surface area contributed by atoms with Crippen LogP contribution in [0.3, 0.4) is 0 Å². The maximum atomic E-state index is 13.9. The van der Waals surface area contributed by atoms with Gasteiger partial charge in [-0.05, 0) is 62.9 Å². The van der Waals surface area contributed by atoms with E-state index in [9.17, 15) is 4.39 Å². The summed E-state index contributed by atoms with van der Waals surface area (Å²) in [6.07, 6.45) is 5.45. The van der Waals surface area contributed by atoms with Crippen LogP contribution < -0.4 is 16.9 Å². The van der Waals surface area contributed by atoms with Gasteiger partial charge in [-0.1, -0.05) is 18.7 Å². The zero-order valence-electron chi connectivity index (χ0n) is 18.2. The standard InChI is InChI=1S/C23H33FN6/c1-16(17-7-9-30(10-8-17)15-23(2,3)24)28-22-12-20-11-18(21(25)14-29(4)26)5-6-19(20)13-27-22/h5-6,11-14,17H,1,7-10,15,25-26H2,2-4H3,(H,27,28)/b21-14-. The number of benzene rings is 1. The summed E-state index contributed by atoms with van der Waals surface area (Å²) in [4.78, 5) is 6.71. The third kappa shape index (κ3) is 5.93. The summed E-state index contributed by atoms with van der Waals surface area (Å²) in [5.41, 5.74) is 7.42. The topological polar surface area (TPSA) is 83.4 Å². The van der Waals surface area contributed by atoms with Crippen LogP contribution >= 0.6 is 0 Å². The van der Waals surface area contributed by atoms with Gasteiger partial charge in [0.25, 0.3) is 0 Å². The van der Waals surface area contributed by atoms with Crippen molar-refractivity contribution in [2.45, 2.75) is 32.4 Å². The number of nitrogens with zero attached hydrogens (tertiary/aromatic N) is 3. The van der Waals surface area contributed by atoms with Crippen LogP contribution in [0.2, 0.25) is 0 Å². The number of anilines is 1. The molecule has 1 aromatic heterocycles. The van der Waals surface area contributed by atoms with Crippen molar-refractivity contribution in [3.05, 3.63) is 54.5 Å². The number of hydrogen-bond donors (Lipinski definition) is 3. The van der Waals surface area contributed by atoms with Gasteiger partial charge in [0, 0.05) is 43.0 Å². The number of nitrogens with two attached hydrogens (primary N) is 2. The molecular formula is C23H33FN6. The van der Waals surface area contributed by atoms with Gasteiger partial charge in [-0.15, -0.1) is 0 Å². The third-order valence-corrected chi connectivity index (χ3v) is 5.37. The number of likely N-dealkylation sites (tertiary alicyclic amines) is 1. The molecule has 30 heavy (non-hydrogen) atoms. The van der Waals surface area contributed by atoms with E-state index in [0.717, 1.165) is 53.8 Å². The highest BCUT2D eigenvalue weighted by Crippen LogP contribution is 2.27. The van der Waals surface area contributed by atoms with Crippen molar-refractivity contribution in [3.63, 3.8) is 0 Å². The molecule has 1 saturated heterocycles. The van der Waals surface area contributed by atoms with Crippen LogP contribution in [0.5, 0.6) is 0 Å². The van der Waals surface area contributed by atoms with Crippen molar-refractivity contribution in [2.24, 2.45) is 17.5 Å². The molecule has 1 aromatic carbocycles. The van der Waals surface area contributed by atoms with E-state index in [2.05, 4.69) is 21.8 Å². The number of rotatable bonds is 7. The smallest absolute Gasteiger partial charge is 0.130 e. The molecule has 2 heterocycles. The van der Waals surface area contributed by atoms with Crippen molar-refractivity contribution >= 4 is 22.3 Å². The Labute approximate surface area is 178 Å². The lowest BCUT2D eigenvalue weighted by Gasteiger charge is -2.35. The molecule has 0 radical (unpaired) electrons.